The molecule has 0 aliphatic carbocycles. The molecule has 0 saturated heterocycles. The van der Waals surface area contributed by atoms with E-state index in [0.29, 0.717) is 5.75 Å². The molecule has 2 aromatic rings. The molecule has 2 aromatic carbocycles. The fraction of sp³-hybridized carbons (Fsp3) is 0.200. The molecule has 0 saturated carbocycles. The molecule has 2 nitrogen and oxygen atoms in total. The van der Waals surface area contributed by atoms with Gasteiger partial charge in [0.25, 0.3) is 0 Å². The maximum Gasteiger partial charge on any atom is 0.160 e. The number of hydrogen-bond donors (Lipinski definition) is 1. The molecule has 0 bridgehead atoms. The van der Waals surface area contributed by atoms with Crippen molar-refractivity contribution in [1.29, 1.82) is 0 Å². The van der Waals surface area contributed by atoms with Gasteiger partial charge in [0.05, 0.1) is 13.2 Å². The Morgan fingerprint density at radius 3 is 2.35 bits per heavy atom. The predicted molar refractivity (Wildman–Crippen MR) is 73.0 cm³/mol. The van der Waals surface area contributed by atoms with Gasteiger partial charge in [-0.15, -0.1) is 0 Å². The van der Waals surface area contributed by atoms with Crippen LogP contribution in [0.2, 0.25) is 5.02 Å². The van der Waals surface area contributed by atoms with E-state index in [4.69, 9.17) is 16.3 Å². The SMILES string of the molecule is COc1ccc(CC(O)c2cc(F)c(F)cc2Cl)cc1. The van der Waals surface area contributed by atoms with Crippen LogP contribution in [0.3, 0.4) is 0 Å². The molecule has 0 aliphatic heterocycles. The van der Waals surface area contributed by atoms with Gasteiger partial charge in [0.15, 0.2) is 11.6 Å². The zero-order valence-electron chi connectivity index (χ0n) is 10.7. The Kier molecular flexibility index (Phi) is 4.57. The van der Waals surface area contributed by atoms with E-state index in [0.717, 1.165) is 17.7 Å². The smallest absolute Gasteiger partial charge is 0.160 e. The van der Waals surface area contributed by atoms with E-state index >= 15 is 0 Å². The number of benzene rings is 2. The van der Waals surface area contributed by atoms with Gasteiger partial charge in [0.1, 0.15) is 5.75 Å². The van der Waals surface area contributed by atoms with Crippen LogP contribution < -0.4 is 4.74 Å². The number of ether oxygens (including phenoxy) is 1. The van der Waals surface area contributed by atoms with Crippen molar-refractivity contribution in [2.24, 2.45) is 0 Å². The Morgan fingerprint density at radius 1 is 1.15 bits per heavy atom. The second-order valence-electron chi connectivity index (χ2n) is 4.36. The molecule has 0 aliphatic rings. The molecule has 0 spiro atoms. The molecular formula is C15H13ClF2O2. The van der Waals surface area contributed by atoms with Gasteiger partial charge in [-0.05, 0) is 29.8 Å². The van der Waals surface area contributed by atoms with E-state index in [-0.39, 0.29) is 17.0 Å². The van der Waals surface area contributed by atoms with Crippen molar-refractivity contribution in [2.45, 2.75) is 12.5 Å². The standard InChI is InChI=1S/C15H13ClF2O2/c1-20-10-4-2-9(3-5-10)6-15(19)11-7-13(17)14(18)8-12(11)16/h2-5,7-8,15,19H,6H2,1H3. The highest BCUT2D eigenvalue weighted by Gasteiger charge is 2.16. The minimum Gasteiger partial charge on any atom is -0.497 e. The van der Waals surface area contributed by atoms with Crippen LogP contribution in [0, 0.1) is 11.6 Å². The molecule has 0 fully saturated rings. The van der Waals surface area contributed by atoms with Crippen molar-refractivity contribution in [3.8, 4) is 5.75 Å². The average Bonchev–Trinajstić information content (AvgIpc) is 2.43. The summed E-state index contributed by atoms with van der Waals surface area (Å²) in [6, 6.07) is 8.88. The van der Waals surface area contributed by atoms with Crippen LogP contribution in [0.15, 0.2) is 36.4 Å². The number of methoxy groups -OCH3 is 1. The number of halogens is 3. The first kappa shape index (κ1) is 14.8. The van der Waals surface area contributed by atoms with Crippen LogP contribution in [-0.4, -0.2) is 12.2 Å². The van der Waals surface area contributed by atoms with E-state index in [1.807, 2.05) is 0 Å². The Morgan fingerprint density at radius 2 is 1.75 bits per heavy atom. The lowest BCUT2D eigenvalue weighted by Crippen LogP contribution is -2.04. The molecule has 2 rings (SSSR count). The molecule has 1 unspecified atom stereocenters. The van der Waals surface area contributed by atoms with Gasteiger partial charge in [0, 0.05) is 17.0 Å². The molecule has 0 aromatic heterocycles. The molecule has 1 N–H and O–H groups in total. The maximum absolute atomic E-state index is 13.2. The van der Waals surface area contributed by atoms with Gasteiger partial charge in [0.2, 0.25) is 0 Å². The fourth-order valence-corrected chi connectivity index (χ4v) is 2.16. The van der Waals surface area contributed by atoms with Crippen LogP contribution in [0.4, 0.5) is 8.78 Å². The van der Waals surface area contributed by atoms with E-state index in [1.165, 1.54) is 0 Å². The largest absolute Gasteiger partial charge is 0.497 e. The van der Waals surface area contributed by atoms with Crippen LogP contribution >= 0.6 is 11.6 Å². The third-order valence-electron chi connectivity index (χ3n) is 2.99. The van der Waals surface area contributed by atoms with Crippen molar-refractivity contribution in [3.05, 3.63) is 64.2 Å². The van der Waals surface area contributed by atoms with Crippen molar-refractivity contribution >= 4 is 11.6 Å². The van der Waals surface area contributed by atoms with E-state index in [1.54, 1.807) is 31.4 Å². The Balaban J connectivity index is 2.18. The van der Waals surface area contributed by atoms with Crippen LogP contribution in [0.25, 0.3) is 0 Å². The fourth-order valence-electron chi connectivity index (χ4n) is 1.89. The van der Waals surface area contributed by atoms with Gasteiger partial charge >= 0.3 is 0 Å². The Hall–Kier alpha value is -1.65. The molecule has 20 heavy (non-hydrogen) atoms. The second kappa shape index (κ2) is 6.20. The van der Waals surface area contributed by atoms with Gasteiger partial charge in [-0.25, -0.2) is 8.78 Å². The number of rotatable bonds is 4. The van der Waals surface area contributed by atoms with Gasteiger partial charge in [-0.2, -0.15) is 0 Å². The van der Waals surface area contributed by atoms with Crippen LogP contribution in [0.5, 0.6) is 5.75 Å². The summed E-state index contributed by atoms with van der Waals surface area (Å²) in [4.78, 5) is 0. The zero-order valence-corrected chi connectivity index (χ0v) is 11.5. The quantitative estimate of drug-likeness (QED) is 0.867. The first-order valence-electron chi connectivity index (χ1n) is 5.96. The summed E-state index contributed by atoms with van der Waals surface area (Å²) in [5.41, 5.74) is 1.00. The molecule has 5 heteroatoms. The first-order chi connectivity index (χ1) is 9.51. The highest BCUT2D eigenvalue weighted by molar-refractivity contribution is 6.31. The lowest BCUT2D eigenvalue weighted by Gasteiger charge is -2.13. The molecule has 0 radical (unpaired) electrons. The summed E-state index contributed by atoms with van der Waals surface area (Å²) in [5.74, 6) is -1.36. The predicted octanol–water partition coefficient (Wildman–Crippen LogP) is 3.90. The van der Waals surface area contributed by atoms with E-state index in [9.17, 15) is 13.9 Å². The molecule has 106 valence electrons. The summed E-state index contributed by atoms with van der Waals surface area (Å²) in [7, 11) is 1.56. The summed E-state index contributed by atoms with van der Waals surface area (Å²) < 4.78 is 31.2. The molecule has 0 heterocycles. The molecular weight excluding hydrogens is 286 g/mol. The molecule has 1 atom stereocenters. The van der Waals surface area contributed by atoms with Crippen LogP contribution in [-0.2, 0) is 6.42 Å². The first-order valence-corrected chi connectivity index (χ1v) is 6.34. The van der Waals surface area contributed by atoms with Crippen molar-refractivity contribution in [1.82, 2.24) is 0 Å². The Bertz CT molecular complexity index is 600. The van der Waals surface area contributed by atoms with Crippen molar-refractivity contribution in [3.63, 3.8) is 0 Å². The summed E-state index contributed by atoms with van der Waals surface area (Å²) in [6.07, 6.45) is -0.764. The third-order valence-corrected chi connectivity index (χ3v) is 3.31. The average molecular weight is 299 g/mol. The topological polar surface area (TPSA) is 29.5 Å². The summed E-state index contributed by atoms with van der Waals surface area (Å²) in [6.45, 7) is 0. The summed E-state index contributed by atoms with van der Waals surface area (Å²) in [5, 5.41) is 10.1. The monoisotopic (exact) mass is 298 g/mol. The van der Waals surface area contributed by atoms with E-state index < -0.39 is 17.7 Å². The highest BCUT2D eigenvalue weighted by Crippen LogP contribution is 2.28. The van der Waals surface area contributed by atoms with Gasteiger partial charge < -0.3 is 9.84 Å². The highest BCUT2D eigenvalue weighted by atomic mass is 35.5. The number of aliphatic hydroxyl groups is 1. The second-order valence-corrected chi connectivity index (χ2v) is 4.76. The molecule has 0 amide bonds. The summed E-state index contributed by atoms with van der Waals surface area (Å²) >= 11 is 5.82. The number of hydrogen-bond acceptors (Lipinski definition) is 2. The normalized spacial score (nSPS) is 12.2. The third kappa shape index (κ3) is 3.26. The lowest BCUT2D eigenvalue weighted by atomic mass is 10.0. The minimum absolute atomic E-state index is 0.00455. The number of aliphatic hydroxyl groups excluding tert-OH is 1. The lowest BCUT2D eigenvalue weighted by molar-refractivity contribution is 0.178. The Labute approximate surface area is 120 Å². The van der Waals surface area contributed by atoms with Gasteiger partial charge in [-0.3, -0.25) is 0 Å². The minimum atomic E-state index is -1.03. The maximum atomic E-state index is 13.2. The van der Waals surface area contributed by atoms with Gasteiger partial charge in [-0.1, -0.05) is 23.7 Å². The van der Waals surface area contributed by atoms with Crippen molar-refractivity contribution in [2.75, 3.05) is 7.11 Å². The van der Waals surface area contributed by atoms with Crippen LogP contribution in [0.1, 0.15) is 17.2 Å². The van der Waals surface area contributed by atoms with E-state index in [2.05, 4.69) is 0 Å². The van der Waals surface area contributed by atoms with Crippen molar-refractivity contribution < 1.29 is 18.6 Å². The zero-order chi connectivity index (χ0) is 14.7.